The van der Waals surface area contributed by atoms with E-state index < -0.39 is 29.8 Å². The van der Waals surface area contributed by atoms with Crippen LogP contribution in [0.4, 0.5) is 4.39 Å². The van der Waals surface area contributed by atoms with E-state index in [4.69, 9.17) is 4.74 Å². The van der Waals surface area contributed by atoms with Gasteiger partial charge in [0.1, 0.15) is 17.7 Å². The van der Waals surface area contributed by atoms with Crippen LogP contribution in [0.5, 0.6) is 0 Å². The van der Waals surface area contributed by atoms with Crippen LogP contribution in [-0.2, 0) is 23.0 Å². The van der Waals surface area contributed by atoms with Crippen LogP contribution in [0.3, 0.4) is 0 Å². The highest BCUT2D eigenvalue weighted by Crippen LogP contribution is 2.24. The number of benzene rings is 2. The van der Waals surface area contributed by atoms with Crippen molar-refractivity contribution in [2.24, 2.45) is 7.05 Å². The summed E-state index contributed by atoms with van der Waals surface area (Å²) >= 11 is 0. The standard InChI is InChI=1S/C21H18FN3O3/c1-25-10-9-23-19(25)18(14-6-4-7-15(22)11-14)24-20(26)17-12-13-5-2-3-8-16(13)21(27)28-17/h2-11,17-18H,12H2,1H3,(H,24,26)/t17-,18+/m0/s1. The van der Waals surface area contributed by atoms with Crippen LogP contribution >= 0.6 is 0 Å². The highest BCUT2D eigenvalue weighted by molar-refractivity contribution is 5.95. The zero-order chi connectivity index (χ0) is 19.7. The molecule has 0 bridgehead atoms. The maximum absolute atomic E-state index is 13.8. The first-order valence-electron chi connectivity index (χ1n) is 8.85. The lowest BCUT2D eigenvalue weighted by atomic mass is 9.97. The molecule has 7 heteroatoms. The third-order valence-corrected chi connectivity index (χ3v) is 4.77. The van der Waals surface area contributed by atoms with E-state index in [0.717, 1.165) is 5.56 Å². The van der Waals surface area contributed by atoms with Gasteiger partial charge in [0.25, 0.3) is 5.91 Å². The number of carbonyl (C=O) groups is 2. The number of halogens is 1. The number of aryl methyl sites for hydroxylation is 1. The van der Waals surface area contributed by atoms with E-state index >= 15 is 0 Å². The molecule has 2 atom stereocenters. The molecule has 0 fully saturated rings. The summed E-state index contributed by atoms with van der Waals surface area (Å²) in [6.07, 6.45) is 2.67. The third-order valence-electron chi connectivity index (χ3n) is 4.77. The van der Waals surface area contributed by atoms with Gasteiger partial charge >= 0.3 is 5.97 Å². The second-order valence-electron chi connectivity index (χ2n) is 6.65. The molecule has 2 heterocycles. The van der Waals surface area contributed by atoms with Crippen LogP contribution in [0.15, 0.2) is 60.9 Å². The van der Waals surface area contributed by atoms with Gasteiger partial charge in [-0.15, -0.1) is 0 Å². The molecule has 4 rings (SSSR count). The van der Waals surface area contributed by atoms with Gasteiger partial charge in [-0.3, -0.25) is 4.79 Å². The van der Waals surface area contributed by atoms with Crippen LogP contribution in [0.25, 0.3) is 0 Å². The molecule has 2 aromatic carbocycles. The number of carbonyl (C=O) groups excluding carboxylic acids is 2. The molecule has 1 amide bonds. The van der Waals surface area contributed by atoms with Crippen molar-refractivity contribution >= 4 is 11.9 Å². The Labute approximate surface area is 161 Å². The average molecular weight is 379 g/mol. The van der Waals surface area contributed by atoms with E-state index in [9.17, 15) is 14.0 Å². The molecule has 0 unspecified atom stereocenters. The normalized spacial score (nSPS) is 16.8. The van der Waals surface area contributed by atoms with Gasteiger partial charge in [0.05, 0.1) is 5.56 Å². The predicted octanol–water partition coefficient (Wildman–Crippen LogP) is 2.55. The average Bonchev–Trinajstić information content (AvgIpc) is 3.11. The van der Waals surface area contributed by atoms with Crippen LogP contribution < -0.4 is 5.32 Å². The molecular weight excluding hydrogens is 361 g/mol. The molecule has 6 nitrogen and oxygen atoms in total. The van der Waals surface area contributed by atoms with E-state index in [1.807, 2.05) is 6.07 Å². The number of nitrogens with one attached hydrogen (secondary N) is 1. The molecule has 1 N–H and O–H groups in total. The van der Waals surface area contributed by atoms with Gasteiger partial charge in [0.2, 0.25) is 0 Å². The number of esters is 1. The van der Waals surface area contributed by atoms with Crippen molar-refractivity contribution in [2.75, 3.05) is 0 Å². The van der Waals surface area contributed by atoms with Gasteiger partial charge in [0.15, 0.2) is 6.10 Å². The van der Waals surface area contributed by atoms with E-state index in [0.29, 0.717) is 17.0 Å². The summed E-state index contributed by atoms with van der Waals surface area (Å²) in [6, 6.07) is 12.3. The second kappa shape index (κ2) is 7.26. The summed E-state index contributed by atoms with van der Waals surface area (Å²) in [6.45, 7) is 0. The van der Waals surface area contributed by atoms with Gasteiger partial charge in [-0.1, -0.05) is 30.3 Å². The summed E-state index contributed by atoms with van der Waals surface area (Å²) in [7, 11) is 1.79. The highest BCUT2D eigenvalue weighted by atomic mass is 19.1. The number of imidazole rings is 1. The summed E-state index contributed by atoms with van der Waals surface area (Å²) in [5, 5.41) is 2.86. The van der Waals surface area contributed by atoms with Crippen molar-refractivity contribution in [3.8, 4) is 0 Å². The fourth-order valence-corrected chi connectivity index (χ4v) is 3.35. The predicted molar refractivity (Wildman–Crippen MR) is 98.9 cm³/mol. The Morgan fingerprint density at radius 3 is 2.86 bits per heavy atom. The first kappa shape index (κ1) is 17.9. The van der Waals surface area contributed by atoms with Crippen LogP contribution in [0.1, 0.15) is 33.4 Å². The largest absolute Gasteiger partial charge is 0.448 e. The first-order chi connectivity index (χ1) is 13.5. The molecule has 0 saturated carbocycles. The smallest absolute Gasteiger partial charge is 0.339 e. The molecule has 1 aromatic heterocycles. The maximum atomic E-state index is 13.8. The topological polar surface area (TPSA) is 73.2 Å². The zero-order valence-electron chi connectivity index (χ0n) is 15.1. The molecule has 0 radical (unpaired) electrons. The Balaban J connectivity index is 1.62. The van der Waals surface area contributed by atoms with E-state index in [-0.39, 0.29) is 6.42 Å². The van der Waals surface area contributed by atoms with Crippen molar-refractivity contribution in [1.82, 2.24) is 14.9 Å². The Morgan fingerprint density at radius 1 is 1.29 bits per heavy atom. The Bertz CT molecular complexity index is 1050. The number of nitrogens with zero attached hydrogens (tertiary/aromatic N) is 2. The van der Waals surface area contributed by atoms with Crippen molar-refractivity contribution in [3.63, 3.8) is 0 Å². The number of fused-ring (bicyclic) bond motifs is 1. The molecule has 142 valence electrons. The van der Waals surface area contributed by atoms with Crippen molar-refractivity contribution in [3.05, 3.63) is 89.3 Å². The monoisotopic (exact) mass is 379 g/mol. The SMILES string of the molecule is Cn1ccnc1[C@H](NC(=O)[C@@H]1Cc2ccccc2C(=O)O1)c1cccc(F)c1. The summed E-state index contributed by atoms with van der Waals surface area (Å²) < 4.78 is 20.8. The van der Waals surface area contributed by atoms with Crippen molar-refractivity contribution < 1.29 is 18.7 Å². The van der Waals surface area contributed by atoms with Crippen LogP contribution in [0, 0.1) is 5.82 Å². The summed E-state index contributed by atoms with van der Waals surface area (Å²) in [4.78, 5) is 29.4. The fourth-order valence-electron chi connectivity index (χ4n) is 3.35. The minimum Gasteiger partial charge on any atom is -0.448 e. The number of cyclic esters (lactones) is 1. The van der Waals surface area contributed by atoms with Gasteiger partial charge in [-0.25, -0.2) is 14.2 Å². The van der Waals surface area contributed by atoms with Gasteiger partial charge in [-0.05, 0) is 29.3 Å². The molecule has 1 aliphatic heterocycles. The molecule has 0 aliphatic carbocycles. The molecule has 0 spiro atoms. The second-order valence-corrected chi connectivity index (χ2v) is 6.65. The van der Waals surface area contributed by atoms with Gasteiger partial charge in [0, 0.05) is 25.9 Å². The molecule has 0 saturated heterocycles. The highest BCUT2D eigenvalue weighted by Gasteiger charge is 2.33. The molecule has 1 aliphatic rings. The minimum absolute atomic E-state index is 0.282. The quantitative estimate of drug-likeness (QED) is 0.707. The van der Waals surface area contributed by atoms with Crippen LogP contribution in [0.2, 0.25) is 0 Å². The Kier molecular flexibility index (Phi) is 4.65. The van der Waals surface area contributed by atoms with Gasteiger partial charge in [-0.2, -0.15) is 0 Å². The number of hydrogen-bond acceptors (Lipinski definition) is 4. The van der Waals surface area contributed by atoms with E-state index in [1.165, 1.54) is 12.1 Å². The van der Waals surface area contributed by atoms with E-state index in [1.54, 1.807) is 54.3 Å². The van der Waals surface area contributed by atoms with E-state index in [2.05, 4.69) is 10.3 Å². The summed E-state index contributed by atoms with van der Waals surface area (Å²) in [5.41, 5.74) is 1.78. The molecule has 3 aromatic rings. The zero-order valence-corrected chi connectivity index (χ0v) is 15.1. The number of rotatable bonds is 4. The lowest BCUT2D eigenvalue weighted by Crippen LogP contribution is -2.43. The number of aromatic nitrogens is 2. The van der Waals surface area contributed by atoms with Crippen molar-refractivity contribution in [2.45, 2.75) is 18.6 Å². The number of hydrogen-bond donors (Lipinski definition) is 1. The Morgan fingerprint density at radius 2 is 2.11 bits per heavy atom. The lowest BCUT2D eigenvalue weighted by Gasteiger charge is -2.26. The number of amides is 1. The molecular formula is C21H18FN3O3. The minimum atomic E-state index is -0.960. The summed E-state index contributed by atoms with van der Waals surface area (Å²) in [5.74, 6) is -0.855. The fraction of sp³-hybridized carbons (Fsp3) is 0.190. The van der Waals surface area contributed by atoms with Crippen molar-refractivity contribution in [1.29, 1.82) is 0 Å². The number of ether oxygens (including phenoxy) is 1. The molecule has 28 heavy (non-hydrogen) atoms. The maximum Gasteiger partial charge on any atom is 0.339 e. The van der Waals surface area contributed by atoms with Crippen LogP contribution in [-0.4, -0.2) is 27.5 Å². The van der Waals surface area contributed by atoms with Gasteiger partial charge < -0.3 is 14.6 Å². The first-order valence-corrected chi connectivity index (χ1v) is 8.85. The Hall–Kier alpha value is -3.48. The third kappa shape index (κ3) is 3.38. The lowest BCUT2D eigenvalue weighted by molar-refractivity contribution is -0.130.